The first-order valence-electron chi connectivity index (χ1n) is 20.6. The molecule has 2 fully saturated rings. The largest absolute Gasteiger partial charge is 0.392 e. The molecule has 0 radical (unpaired) electrons. The fraction of sp³-hybridized carbons (Fsp3) is 0.327. The van der Waals surface area contributed by atoms with Gasteiger partial charge in [0.1, 0.15) is 6.04 Å². The Morgan fingerprint density at radius 2 is 1.53 bits per heavy atom. The standard InChI is InChI=1S/C49H55N3O6S/c1-3-28-52(43-14-7-8-15-43)33-44-31-47(40-20-18-37(34-53)19-21-40)58-49(57-44)41-24-22-39(23-25-41)42-13-9-12-38(29-42)32-50-48(54)46(30-36-10-5-4-6-11-36)51-59(55,56)45-26-16-35(2)17-27-45/h3-6,9-13,16-27,29,43-44,46-47,49,51,53H,1,7-8,14-15,28,30-34H2,2H3,(H,50,54)/t44-,46-,47+,49+/m1/s1. The van der Waals surface area contributed by atoms with Crippen LogP contribution in [0, 0.1) is 6.92 Å². The predicted octanol–water partition coefficient (Wildman–Crippen LogP) is 8.34. The number of hydrogen-bond acceptors (Lipinski definition) is 7. The fourth-order valence-corrected chi connectivity index (χ4v) is 9.31. The Morgan fingerprint density at radius 3 is 2.22 bits per heavy atom. The zero-order chi connectivity index (χ0) is 41.2. The number of rotatable bonds is 17. The third-order valence-corrected chi connectivity index (χ3v) is 12.9. The molecule has 59 heavy (non-hydrogen) atoms. The van der Waals surface area contributed by atoms with Gasteiger partial charge < -0.3 is 19.9 Å². The van der Waals surface area contributed by atoms with Gasteiger partial charge in [0.2, 0.25) is 15.9 Å². The Kier molecular flexibility index (Phi) is 14.2. The molecule has 2 aliphatic rings. The molecule has 0 bridgehead atoms. The van der Waals surface area contributed by atoms with Crippen LogP contribution < -0.4 is 10.0 Å². The first-order valence-corrected chi connectivity index (χ1v) is 22.1. The normalized spacial score (nSPS) is 19.1. The molecule has 7 rings (SSSR count). The van der Waals surface area contributed by atoms with Crippen LogP contribution in [0.2, 0.25) is 0 Å². The van der Waals surface area contributed by atoms with Crippen molar-refractivity contribution in [3.63, 3.8) is 0 Å². The summed E-state index contributed by atoms with van der Waals surface area (Å²) in [6, 6.07) is 39.6. The summed E-state index contributed by atoms with van der Waals surface area (Å²) in [7, 11) is -3.96. The van der Waals surface area contributed by atoms with Crippen molar-refractivity contribution in [1.29, 1.82) is 0 Å². The third kappa shape index (κ3) is 11.2. The van der Waals surface area contributed by atoms with Crippen LogP contribution >= 0.6 is 0 Å². The van der Waals surface area contributed by atoms with Gasteiger partial charge in [-0.3, -0.25) is 9.69 Å². The van der Waals surface area contributed by atoms with Crippen LogP contribution in [0.4, 0.5) is 0 Å². The van der Waals surface area contributed by atoms with E-state index >= 15 is 0 Å². The van der Waals surface area contributed by atoms with Crippen LogP contribution in [0.3, 0.4) is 0 Å². The van der Waals surface area contributed by atoms with Crippen molar-refractivity contribution in [2.75, 3.05) is 13.1 Å². The van der Waals surface area contributed by atoms with E-state index in [1.807, 2.05) is 91.9 Å². The summed E-state index contributed by atoms with van der Waals surface area (Å²) in [5, 5.41) is 12.6. The van der Waals surface area contributed by atoms with Crippen molar-refractivity contribution in [2.45, 2.75) is 94.1 Å². The zero-order valence-corrected chi connectivity index (χ0v) is 34.5. The number of nitrogens with zero attached hydrogens (tertiary/aromatic N) is 1. The van der Waals surface area contributed by atoms with Gasteiger partial charge in [-0.2, -0.15) is 4.72 Å². The topological polar surface area (TPSA) is 117 Å². The third-order valence-electron chi connectivity index (χ3n) is 11.4. The molecule has 10 heteroatoms. The van der Waals surface area contributed by atoms with Gasteiger partial charge in [0, 0.05) is 37.7 Å². The number of carbonyl (C=O) groups is 1. The lowest BCUT2D eigenvalue weighted by Crippen LogP contribution is -2.47. The first kappa shape index (κ1) is 42.2. The number of benzene rings is 5. The van der Waals surface area contributed by atoms with E-state index in [0.717, 1.165) is 64.0 Å². The average Bonchev–Trinajstić information content (AvgIpc) is 3.81. The summed E-state index contributed by atoms with van der Waals surface area (Å²) in [6.45, 7) is 7.77. The second-order valence-corrected chi connectivity index (χ2v) is 17.5. The quantitative estimate of drug-likeness (QED) is 0.0809. The number of nitrogens with one attached hydrogen (secondary N) is 2. The lowest BCUT2D eigenvalue weighted by atomic mass is 9.98. The van der Waals surface area contributed by atoms with Gasteiger partial charge >= 0.3 is 0 Å². The number of amides is 1. The summed E-state index contributed by atoms with van der Waals surface area (Å²) in [4.78, 5) is 16.3. The second-order valence-electron chi connectivity index (χ2n) is 15.7. The van der Waals surface area contributed by atoms with Crippen molar-refractivity contribution in [3.8, 4) is 11.1 Å². The van der Waals surface area contributed by atoms with Crippen LogP contribution in [0.5, 0.6) is 0 Å². The minimum Gasteiger partial charge on any atom is -0.392 e. The van der Waals surface area contributed by atoms with Crippen LogP contribution in [0.25, 0.3) is 11.1 Å². The van der Waals surface area contributed by atoms with Gasteiger partial charge in [0.25, 0.3) is 0 Å². The number of sulfonamides is 1. The minimum absolute atomic E-state index is 0.00390. The number of carbonyl (C=O) groups excluding carboxylic acids is 1. The van der Waals surface area contributed by atoms with E-state index in [1.54, 1.807) is 24.3 Å². The van der Waals surface area contributed by atoms with E-state index in [2.05, 4.69) is 45.8 Å². The number of aryl methyl sites for hydroxylation is 1. The maximum absolute atomic E-state index is 13.7. The van der Waals surface area contributed by atoms with Crippen LogP contribution in [-0.2, 0) is 43.9 Å². The SMILES string of the molecule is C=CCN(C[C@H]1C[C@@H](c2ccc(CO)cc2)O[C@@H](c2ccc(-c3cccc(CNC(=O)[C@@H](Cc4ccccc4)NS(=O)(=O)c4ccc(C)cc4)c3)cc2)O1)C1CCCC1. The summed E-state index contributed by atoms with van der Waals surface area (Å²) in [5.41, 5.74) is 7.49. The van der Waals surface area contributed by atoms with E-state index in [9.17, 15) is 18.3 Å². The maximum Gasteiger partial charge on any atom is 0.241 e. The summed E-state index contributed by atoms with van der Waals surface area (Å²) in [5.74, 6) is -0.413. The molecule has 0 spiro atoms. The first-order chi connectivity index (χ1) is 28.7. The fourth-order valence-electron chi connectivity index (χ4n) is 8.12. The van der Waals surface area contributed by atoms with Crippen molar-refractivity contribution in [1.82, 2.24) is 14.9 Å². The van der Waals surface area contributed by atoms with Crippen LogP contribution in [-0.4, -0.2) is 55.6 Å². The van der Waals surface area contributed by atoms with Crippen molar-refractivity contribution >= 4 is 15.9 Å². The van der Waals surface area contributed by atoms with E-state index in [4.69, 9.17) is 9.47 Å². The Labute approximate surface area is 349 Å². The van der Waals surface area contributed by atoms with E-state index < -0.39 is 28.3 Å². The Balaban J connectivity index is 1.04. The highest BCUT2D eigenvalue weighted by Crippen LogP contribution is 2.39. The summed E-state index contributed by atoms with van der Waals surface area (Å²) < 4.78 is 42.8. The van der Waals surface area contributed by atoms with Crippen molar-refractivity contribution in [3.05, 3.63) is 173 Å². The van der Waals surface area contributed by atoms with Gasteiger partial charge in [0.15, 0.2) is 6.29 Å². The van der Waals surface area contributed by atoms with Gasteiger partial charge in [-0.1, -0.05) is 134 Å². The Hall–Kier alpha value is -4.94. The molecule has 308 valence electrons. The number of hydrogen-bond donors (Lipinski definition) is 3. The summed E-state index contributed by atoms with van der Waals surface area (Å²) >= 11 is 0. The Morgan fingerprint density at radius 1 is 0.831 bits per heavy atom. The molecule has 3 N–H and O–H groups in total. The molecule has 0 unspecified atom stereocenters. The molecule has 5 aromatic carbocycles. The molecule has 0 aromatic heterocycles. The highest BCUT2D eigenvalue weighted by Gasteiger charge is 2.35. The lowest BCUT2D eigenvalue weighted by Gasteiger charge is -2.39. The highest BCUT2D eigenvalue weighted by molar-refractivity contribution is 7.89. The molecular weight excluding hydrogens is 759 g/mol. The number of aliphatic hydroxyl groups excluding tert-OH is 1. The highest BCUT2D eigenvalue weighted by atomic mass is 32.2. The van der Waals surface area contributed by atoms with Gasteiger partial charge in [-0.05, 0) is 77.8 Å². The van der Waals surface area contributed by atoms with E-state index in [0.29, 0.717) is 6.04 Å². The molecule has 1 aliphatic heterocycles. The molecule has 9 nitrogen and oxygen atoms in total. The molecule has 1 saturated heterocycles. The molecule has 1 amide bonds. The molecule has 5 aromatic rings. The average molecular weight is 814 g/mol. The van der Waals surface area contributed by atoms with E-state index in [1.165, 1.54) is 25.7 Å². The zero-order valence-electron chi connectivity index (χ0n) is 33.7. The monoisotopic (exact) mass is 813 g/mol. The Bertz CT molecular complexity index is 2240. The molecule has 1 saturated carbocycles. The molecular formula is C49H55N3O6S. The predicted molar refractivity (Wildman–Crippen MR) is 232 cm³/mol. The van der Waals surface area contributed by atoms with Crippen LogP contribution in [0.1, 0.15) is 77.9 Å². The minimum atomic E-state index is -3.96. The number of aliphatic hydroxyl groups is 1. The second kappa shape index (κ2) is 19.9. The smallest absolute Gasteiger partial charge is 0.241 e. The van der Waals surface area contributed by atoms with Gasteiger partial charge in [-0.25, -0.2) is 8.42 Å². The van der Waals surface area contributed by atoms with E-state index in [-0.39, 0.29) is 36.7 Å². The molecule has 4 atom stereocenters. The van der Waals surface area contributed by atoms with Gasteiger partial charge in [0.05, 0.1) is 23.7 Å². The maximum atomic E-state index is 13.7. The van der Waals surface area contributed by atoms with Crippen molar-refractivity contribution in [2.24, 2.45) is 0 Å². The number of ether oxygens (including phenoxy) is 2. The van der Waals surface area contributed by atoms with Crippen molar-refractivity contribution < 1.29 is 27.8 Å². The molecule has 1 heterocycles. The molecule has 1 aliphatic carbocycles. The van der Waals surface area contributed by atoms with Crippen LogP contribution in [0.15, 0.2) is 145 Å². The van der Waals surface area contributed by atoms with Gasteiger partial charge in [-0.15, -0.1) is 6.58 Å². The lowest BCUT2D eigenvalue weighted by molar-refractivity contribution is -0.253. The summed E-state index contributed by atoms with van der Waals surface area (Å²) in [6.07, 6.45) is 7.05.